The molecule has 0 unspecified atom stereocenters. The molecule has 7 nitrogen and oxygen atoms in total. The second-order valence-electron chi connectivity index (χ2n) is 8.13. The molecule has 31 heavy (non-hydrogen) atoms. The predicted molar refractivity (Wildman–Crippen MR) is 122 cm³/mol. The van der Waals surface area contributed by atoms with Crippen LogP contribution < -0.4 is 10.2 Å². The number of piperazine rings is 1. The Hall–Kier alpha value is -2.42. The van der Waals surface area contributed by atoms with E-state index >= 15 is 0 Å². The van der Waals surface area contributed by atoms with Crippen molar-refractivity contribution in [1.29, 1.82) is 0 Å². The summed E-state index contributed by atoms with van der Waals surface area (Å²) in [7, 11) is -3.67. The van der Waals surface area contributed by atoms with Gasteiger partial charge in [0, 0.05) is 23.8 Å². The molecule has 0 aromatic heterocycles. The Kier molecular flexibility index (Phi) is 6.45. The third-order valence-corrected chi connectivity index (χ3v) is 6.92. The highest BCUT2D eigenvalue weighted by Gasteiger charge is 2.50. The summed E-state index contributed by atoms with van der Waals surface area (Å²) in [5.41, 5.74) is 1.76. The highest BCUT2D eigenvalue weighted by atomic mass is 35.5. The van der Waals surface area contributed by atoms with E-state index in [2.05, 4.69) is 5.32 Å². The molecule has 2 aromatic rings. The van der Waals surface area contributed by atoms with Crippen molar-refractivity contribution in [2.75, 3.05) is 24.2 Å². The maximum absolute atomic E-state index is 13.4. The van der Waals surface area contributed by atoms with Crippen LogP contribution in [-0.2, 0) is 26.2 Å². The van der Waals surface area contributed by atoms with Gasteiger partial charge < -0.3 is 5.32 Å². The molecule has 0 saturated carbocycles. The number of nitrogens with one attached hydrogen (secondary N) is 1. The van der Waals surface area contributed by atoms with Gasteiger partial charge in [-0.05, 0) is 55.7 Å². The Morgan fingerprint density at radius 3 is 2.42 bits per heavy atom. The summed E-state index contributed by atoms with van der Waals surface area (Å²) in [5.74, 6) is -0.889. The van der Waals surface area contributed by atoms with Crippen LogP contribution in [0.3, 0.4) is 0 Å². The van der Waals surface area contributed by atoms with E-state index in [1.165, 1.54) is 4.90 Å². The summed E-state index contributed by atoms with van der Waals surface area (Å²) in [6.45, 7) is 5.12. The molecule has 1 N–H and O–H groups in total. The van der Waals surface area contributed by atoms with E-state index in [0.717, 1.165) is 27.3 Å². The molecule has 9 heteroatoms. The SMILES string of the molecule is Cc1ccc(C)c(N2C(=O)CN(S(C)(=O)=O)C[C@@]2(C)C(=O)NCc2ccc(Cl)cc2)c1. The molecule has 1 aliphatic rings. The maximum atomic E-state index is 13.4. The molecule has 2 amide bonds. The standard InChI is InChI=1S/C22H26ClN3O4S/c1-15-5-6-16(2)19(11-15)26-20(27)13-25(31(4,29)30)14-22(26,3)21(28)24-12-17-7-9-18(23)10-8-17/h5-11H,12-14H2,1-4H3,(H,24,28)/t22-/m0/s1. The van der Waals surface area contributed by atoms with Crippen LogP contribution in [0.2, 0.25) is 5.02 Å². The molecule has 1 aliphatic heterocycles. The highest BCUT2D eigenvalue weighted by Crippen LogP contribution is 2.33. The van der Waals surface area contributed by atoms with Crippen LogP contribution in [-0.4, -0.2) is 49.4 Å². The quantitative estimate of drug-likeness (QED) is 0.738. The van der Waals surface area contributed by atoms with E-state index in [9.17, 15) is 18.0 Å². The van der Waals surface area contributed by atoms with Crippen molar-refractivity contribution in [2.24, 2.45) is 0 Å². The normalized spacial score (nSPS) is 20.0. The average Bonchev–Trinajstić information content (AvgIpc) is 2.68. The van der Waals surface area contributed by atoms with Gasteiger partial charge in [-0.2, -0.15) is 4.31 Å². The minimum Gasteiger partial charge on any atom is -0.350 e. The number of hydrogen-bond donors (Lipinski definition) is 1. The Morgan fingerprint density at radius 1 is 1.16 bits per heavy atom. The molecule has 1 saturated heterocycles. The van der Waals surface area contributed by atoms with Gasteiger partial charge in [-0.3, -0.25) is 14.5 Å². The lowest BCUT2D eigenvalue weighted by Gasteiger charge is -2.47. The molecular weight excluding hydrogens is 438 g/mol. The molecule has 1 fully saturated rings. The zero-order valence-corrected chi connectivity index (χ0v) is 19.5. The van der Waals surface area contributed by atoms with Gasteiger partial charge in [0.15, 0.2) is 0 Å². The number of nitrogens with zero attached hydrogens (tertiary/aromatic N) is 2. The second kappa shape index (κ2) is 8.61. The van der Waals surface area contributed by atoms with Gasteiger partial charge in [0.2, 0.25) is 21.8 Å². The Morgan fingerprint density at radius 2 is 1.81 bits per heavy atom. The third kappa shape index (κ3) is 4.92. The summed E-state index contributed by atoms with van der Waals surface area (Å²) in [6, 6.07) is 12.7. The first-order chi connectivity index (χ1) is 14.4. The van der Waals surface area contributed by atoms with Crippen molar-refractivity contribution < 1.29 is 18.0 Å². The summed E-state index contributed by atoms with van der Waals surface area (Å²) < 4.78 is 25.5. The lowest BCUT2D eigenvalue weighted by Crippen LogP contribution is -2.70. The molecular formula is C22H26ClN3O4S. The fourth-order valence-electron chi connectivity index (χ4n) is 3.71. The number of carbonyl (C=O) groups excluding carboxylic acids is 2. The van der Waals surface area contributed by atoms with Crippen LogP contribution in [0, 0.1) is 13.8 Å². The van der Waals surface area contributed by atoms with Gasteiger partial charge in [-0.25, -0.2) is 8.42 Å². The van der Waals surface area contributed by atoms with Crippen LogP contribution in [0.15, 0.2) is 42.5 Å². The van der Waals surface area contributed by atoms with Gasteiger partial charge in [0.25, 0.3) is 0 Å². The highest BCUT2D eigenvalue weighted by molar-refractivity contribution is 7.88. The van der Waals surface area contributed by atoms with E-state index in [4.69, 9.17) is 11.6 Å². The molecule has 0 bridgehead atoms. The number of hydrogen-bond acceptors (Lipinski definition) is 4. The largest absolute Gasteiger partial charge is 0.350 e. The molecule has 166 valence electrons. The van der Waals surface area contributed by atoms with Crippen molar-refractivity contribution in [2.45, 2.75) is 32.9 Å². The van der Waals surface area contributed by atoms with Crippen LogP contribution >= 0.6 is 11.6 Å². The first-order valence-corrected chi connectivity index (χ1v) is 12.0. The average molecular weight is 464 g/mol. The van der Waals surface area contributed by atoms with Gasteiger partial charge in [-0.15, -0.1) is 0 Å². The van der Waals surface area contributed by atoms with Crippen molar-refractivity contribution in [3.63, 3.8) is 0 Å². The number of carbonyl (C=O) groups is 2. The number of rotatable bonds is 5. The number of aryl methyl sites for hydroxylation is 2. The zero-order chi connectivity index (χ0) is 23.0. The molecule has 0 aliphatic carbocycles. The summed E-state index contributed by atoms with van der Waals surface area (Å²) >= 11 is 5.91. The second-order valence-corrected chi connectivity index (χ2v) is 10.6. The maximum Gasteiger partial charge on any atom is 0.247 e. The fraction of sp³-hybridized carbons (Fsp3) is 0.364. The van der Waals surface area contributed by atoms with Gasteiger partial charge in [-0.1, -0.05) is 35.9 Å². The number of anilines is 1. The lowest BCUT2D eigenvalue weighted by molar-refractivity contribution is -0.133. The summed E-state index contributed by atoms with van der Waals surface area (Å²) in [6.07, 6.45) is 1.04. The van der Waals surface area contributed by atoms with E-state index in [1.54, 1.807) is 31.2 Å². The first-order valence-electron chi connectivity index (χ1n) is 9.80. The van der Waals surface area contributed by atoms with Gasteiger partial charge in [0.05, 0.1) is 12.8 Å². The molecule has 1 atom stereocenters. The third-order valence-electron chi connectivity index (χ3n) is 5.47. The molecule has 3 rings (SSSR count). The van der Waals surface area contributed by atoms with E-state index in [-0.39, 0.29) is 19.6 Å². The first kappa shape index (κ1) is 23.2. The minimum atomic E-state index is -3.67. The summed E-state index contributed by atoms with van der Waals surface area (Å²) in [4.78, 5) is 28.0. The summed E-state index contributed by atoms with van der Waals surface area (Å²) in [5, 5.41) is 3.45. The number of sulfonamides is 1. The van der Waals surface area contributed by atoms with Crippen LogP contribution in [0.25, 0.3) is 0 Å². The number of amides is 2. The van der Waals surface area contributed by atoms with Crippen LogP contribution in [0.1, 0.15) is 23.6 Å². The van der Waals surface area contributed by atoms with Crippen molar-refractivity contribution in [3.8, 4) is 0 Å². The smallest absolute Gasteiger partial charge is 0.247 e. The van der Waals surface area contributed by atoms with Gasteiger partial charge in [0.1, 0.15) is 5.54 Å². The number of halogens is 1. The van der Waals surface area contributed by atoms with E-state index in [1.807, 2.05) is 32.0 Å². The predicted octanol–water partition coefficient (Wildman–Crippen LogP) is 2.64. The molecule has 0 radical (unpaired) electrons. The zero-order valence-electron chi connectivity index (χ0n) is 18.0. The molecule has 2 aromatic carbocycles. The van der Waals surface area contributed by atoms with Crippen LogP contribution in [0.5, 0.6) is 0 Å². The Balaban J connectivity index is 1.99. The molecule has 0 spiro atoms. The lowest BCUT2D eigenvalue weighted by atomic mass is 9.93. The van der Waals surface area contributed by atoms with Crippen molar-refractivity contribution in [3.05, 3.63) is 64.2 Å². The van der Waals surface area contributed by atoms with E-state index in [0.29, 0.717) is 10.7 Å². The molecule has 1 heterocycles. The van der Waals surface area contributed by atoms with Crippen molar-refractivity contribution in [1.82, 2.24) is 9.62 Å². The Bertz CT molecular complexity index is 1120. The fourth-order valence-corrected chi connectivity index (χ4v) is 4.67. The van der Waals surface area contributed by atoms with Crippen LogP contribution in [0.4, 0.5) is 5.69 Å². The topological polar surface area (TPSA) is 86.8 Å². The number of benzene rings is 2. The Labute approximate surface area is 188 Å². The van der Waals surface area contributed by atoms with Gasteiger partial charge >= 0.3 is 0 Å². The van der Waals surface area contributed by atoms with Crippen molar-refractivity contribution >= 4 is 39.1 Å². The monoisotopic (exact) mass is 463 g/mol. The minimum absolute atomic E-state index is 0.141. The van der Waals surface area contributed by atoms with E-state index < -0.39 is 27.4 Å².